The van der Waals surface area contributed by atoms with Gasteiger partial charge in [-0.05, 0) is 48.6 Å². The fraction of sp³-hybridized carbons (Fsp3) is 0.300. The zero-order valence-corrected chi connectivity index (χ0v) is 16.1. The number of anilines is 1. The molecule has 0 atom stereocenters. The minimum atomic E-state index is 0.416. The number of methoxy groups -OCH3 is 1. The maximum absolute atomic E-state index is 5.71. The number of ether oxygens (including phenoxy) is 1. The predicted molar refractivity (Wildman–Crippen MR) is 107 cm³/mol. The summed E-state index contributed by atoms with van der Waals surface area (Å²) in [6, 6.07) is 18.2. The Balaban J connectivity index is 1.40. The van der Waals surface area contributed by atoms with Gasteiger partial charge < -0.3 is 19.0 Å². The maximum Gasteiger partial charge on any atom is 0.292 e. The molecule has 0 saturated carbocycles. The smallest absolute Gasteiger partial charge is 0.292 e. The average Bonchev–Trinajstić information content (AvgIpc) is 3.09. The van der Waals surface area contributed by atoms with Crippen LogP contribution in [0.1, 0.15) is 0 Å². The van der Waals surface area contributed by atoms with E-state index in [1.165, 1.54) is 10.6 Å². The lowest BCUT2D eigenvalue weighted by Gasteiger charge is -2.33. The molecule has 1 saturated heterocycles. The Morgan fingerprint density at radius 2 is 1.78 bits per heavy atom. The zero-order chi connectivity index (χ0) is 18.6. The van der Waals surface area contributed by atoms with Crippen LogP contribution in [0.4, 0.5) is 5.69 Å². The molecule has 0 unspecified atom stereocenters. The van der Waals surface area contributed by atoms with Crippen LogP contribution in [0.15, 0.2) is 59.0 Å². The van der Waals surface area contributed by atoms with Gasteiger partial charge in [-0.2, -0.15) is 4.68 Å². The maximum atomic E-state index is 5.71. The number of aromatic nitrogens is 2. The SMILES string of the molecule is COc1ccc(-c2nn(C[NH+]3CCN(c4ccccc4)CC3)c(=S)o2)cc1. The van der Waals surface area contributed by atoms with Gasteiger partial charge in [-0.3, -0.25) is 0 Å². The minimum absolute atomic E-state index is 0.416. The Bertz CT molecular complexity index is 929. The molecule has 0 radical (unpaired) electrons. The van der Waals surface area contributed by atoms with Crippen molar-refractivity contribution in [2.45, 2.75) is 6.67 Å². The fourth-order valence-corrected chi connectivity index (χ4v) is 3.53. The molecule has 6 nitrogen and oxygen atoms in total. The van der Waals surface area contributed by atoms with Gasteiger partial charge in [-0.15, -0.1) is 5.10 Å². The Hall–Kier alpha value is -2.64. The molecule has 4 rings (SSSR count). The summed E-state index contributed by atoms with van der Waals surface area (Å²) in [7, 11) is 1.65. The van der Waals surface area contributed by atoms with Crippen LogP contribution in [0.5, 0.6) is 5.75 Å². The van der Waals surface area contributed by atoms with Crippen molar-refractivity contribution in [3.8, 4) is 17.2 Å². The summed E-state index contributed by atoms with van der Waals surface area (Å²) < 4.78 is 12.7. The Morgan fingerprint density at radius 1 is 1.07 bits per heavy atom. The van der Waals surface area contributed by atoms with Crippen molar-refractivity contribution >= 4 is 17.9 Å². The van der Waals surface area contributed by atoms with Crippen molar-refractivity contribution in [3.05, 3.63) is 59.4 Å². The van der Waals surface area contributed by atoms with Crippen LogP contribution in [0.25, 0.3) is 11.5 Å². The second-order valence-corrected chi connectivity index (χ2v) is 6.98. The van der Waals surface area contributed by atoms with Crippen LogP contribution in [-0.4, -0.2) is 43.1 Å². The molecule has 1 aliphatic heterocycles. The highest BCUT2D eigenvalue weighted by Gasteiger charge is 2.21. The number of benzene rings is 2. The Morgan fingerprint density at radius 3 is 2.44 bits per heavy atom. The molecule has 0 aliphatic carbocycles. The summed E-state index contributed by atoms with van der Waals surface area (Å²) in [5.41, 5.74) is 2.18. The summed E-state index contributed by atoms with van der Waals surface area (Å²) in [5, 5.41) is 4.58. The summed E-state index contributed by atoms with van der Waals surface area (Å²) in [6.45, 7) is 4.86. The van der Waals surface area contributed by atoms with Crippen molar-refractivity contribution in [1.29, 1.82) is 0 Å². The monoisotopic (exact) mass is 383 g/mol. The van der Waals surface area contributed by atoms with E-state index in [4.69, 9.17) is 21.4 Å². The minimum Gasteiger partial charge on any atom is -0.497 e. The van der Waals surface area contributed by atoms with Gasteiger partial charge in [0.1, 0.15) is 5.75 Å². The van der Waals surface area contributed by atoms with Crippen LogP contribution < -0.4 is 14.5 Å². The van der Waals surface area contributed by atoms with Gasteiger partial charge in [-0.1, -0.05) is 18.2 Å². The number of rotatable bonds is 5. The second kappa shape index (κ2) is 7.94. The van der Waals surface area contributed by atoms with Gasteiger partial charge in [0, 0.05) is 11.3 Å². The highest BCUT2D eigenvalue weighted by atomic mass is 32.1. The van der Waals surface area contributed by atoms with Gasteiger partial charge in [0.05, 0.1) is 33.3 Å². The predicted octanol–water partition coefficient (Wildman–Crippen LogP) is 2.24. The van der Waals surface area contributed by atoms with Crippen LogP contribution >= 0.6 is 12.2 Å². The summed E-state index contributed by atoms with van der Waals surface area (Å²) in [4.78, 5) is 4.29. The quantitative estimate of drug-likeness (QED) is 0.685. The number of nitrogens with one attached hydrogen (secondary N) is 1. The van der Waals surface area contributed by atoms with E-state index in [0.29, 0.717) is 10.7 Å². The molecular formula is C20H23N4O2S+. The molecule has 2 aromatic carbocycles. The molecule has 0 amide bonds. The van der Waals surface area contributed by atoms with E-state index in [2.05, 4.69) is 40.3 Å². The second-order valence-electron chi connectivity index (χ2n) is 6.63. The number of hydrogen-bond acceptors (Lipinski definition) is 5. The highest BCUT2D eigenvalue weighted by Crippen LogP contribution is 2.21. The van der Waals surface area contributed by atoms with Crippen molar-refractivity contribution in [2.75, 3.05) is 38.2 Å². The molecule has 7 heteroatoms. The van der Waals surface area contributed by atoms with Crippen molar-refractivity contribution in [3.63, 3.8) is 0 Å². The lowest BCUT2D eigenvalue weighted by atomic mass is 10.2. The zero-order valence-electron chi connectivity index (χ0n) is 15.3. The fourth-order valence-electron chi connectivity index (χ4n) is 3.35. The first-order valence-corrected chi connectivity index (χ1v) is 9.50. The molecule has 140 valence electrons. The lowest BCUT2D eigenvalue weighted by Crippen LogP contribution is -3.14. The highest BCUT2D eigenvalue weighted by molar-refractivity contribution is 7.71. The van der Waals surface area contributed by atoms with Gasteiger partial charge in [0.2, 0.25) is 5.89 Å². The number of nitrogens with zero attached hydrogens (tertiary/aromatic N) is 3. The van der Waals surface area contributed by atoms with Crippen LogP contribution in [0.2, 0.25) is 0 Å². The molecule has 27 heavy (non-hydrogen) atoms. The third kappa shape index (κ3) is 4.04. The van der Waals surface area contributed by atoms with E-state index in [0.717, 1.165) is 44.2 Å². The average molecular weight is 383 g/mol. The molecule has 0 bridgehead atoms. The van der Waals surface area contributed by atoms with Crippen LogP contribution in [-0.2, 0) is 6.67 Å². The first-order chi connectivity index (χ1) is 13.2. The van der Waals surface area contributed by atoms with Crippen molar-refractivity contribution in [1.82, 2.24) is 9.78 Å². The molecule has 1 fully saturated rings. The van der Waals surface area contributed by atoms with Crippen LogP contribution in [0.3, 0.4) is 0 Å². The molecule has 3 aromatic rings. The Kier molecular flexibility index (Phi) is 5.22. The molecular weight excluding hydrogens is 360 g/mol. The van der Waals surface area contributed by atoms with Gasteiger partial charge >= 0.3 is 0 Å². The van der Waals surface area contributed by atoms with Gasteiger partial charge in [-0.25, -0.2) is 0 Å². The van der Waals surface area contributed by atoms with E-state index < -0.39 is 0 Å². The summed E-state index contributed by atoms with van der Waals surface area (Å²) in [5.74, 6) is 1.35. The number of piperazine rings is 1. The Labute approximate surface area is 163 Å². The first kappa shape index (κ1) is 17.8. The van der Waals surface area contributed by atoms with E-state index in [9.17, 15) is 0 Å². The third-order valence-electron chi connectivity index (χ3n) is 4.91. The summed E-state index contributed by atoms with van der Waals surface area (Å²) in [6.07, 6.45) is 0. The molecule has 1 aliphatic rings. The van der Waals surface area contributed by atoms with E-state index in [-0.39, 0.29) is 0 Å². The van der Waals surface area contributed by atoms with E-state index >= 15 is 0 Å². The van der Waals surface area contributed by atoms with Crippen LogP contribution in [0, 0.1) is 4.84 Å². The normalized spacial score (nSPS) is 15.1. The molecule has 0 spiro atoms. The molecule has 1 aromatic heterocycles. The first-order valence-electron chi connectivity index (χ1n) is 9.09. The molecule has 2 heterocycles. The van der Waals surface area contributed by atoms with Gasteiger partial charge in [0.15, 0.2) is 6.67 Å². The lowest BCUT2D eigenvalue weighted by molar-refractivity contribution is -0.924. The largest absolute Gasteiger partial charge is 0.497 e. The number of quaternary nitrogens is 1. The van der Waals surface area contributed by atoms with E-state index in [1.54, 1.807) is 11.8 Å². The third-order valence-corrected chi connectivity index (χ3v) is 5.20. The number of para-hydroxylation sites is 1. The standard InChI is InChI=1S/C20H22N4O2S/c1-25-18-9-7-16(8-10-18)19-21-24(20(27)26-19)15-22-11-13-23(14-12-22)17-5-3-2-4-6-17/h2-10H,11-15H2,1H3/p+1. The van der Waals surface area contributed by atoms with Gasteiger partial charge in [0.25, 0.3) is 4.84 Å². The number of hydrogen-bond donors (Lipinski definition) is 1. The topological polar surface area (TPSA) is 47.9 Å². The van der Waals surface area contributed by atoms with E-state index in [1.807, 2.05) is 24.3 Å². The summed E-state index contributed by atoms with van der Waals surface area (Å²) >= 11 is 5.38. The van der Waals surface area contributed by atoms with Crippen molar-refractivity contribution < 1.29 is 14.1 Å². The van der Waals surface area contributed by atoms with Crippen molar-refractivity contribution in [2.24, 2.45) is 0 Å². The molecule has 1 N–H and O–H groups in total.